The highest BCUT2D eigenvalue weighted by molar-refractivity contribution is 5.85. The molecule has 0 aliphatic carbocycles. The van der Waals surface area contributed by atoms with Crippen LogP contribution in [0.15, 0.2) is 18.5 Å². The SMILES string of the molecule is Cl.c1cc2c(cn1)NCC2. The Bertz CT molecular complexity index is 202. The minimum absolute atomic E-state index is 0. The minimum atomic E-state index is 0. The zero-order valence-electron chi connectivity index (χ0n) is 5.50. The summed E-state index contributed by atoms with van der Waals surface area (Å²) in [6.07, 6.45) is 4.87. The lowest BCUT2D eigenvalue weighted by Crippen LogP contribution is -1.90. The summed E-state index contributed by atoms with van der Waals surface area (Å²) in [7, 11) is 0. The van der Waals surface area contributed by atoms with Crippen LogP contribution in [0, 0.1) is 0 Å². The Morgan fingerprint density at radius 3 is 3.20 bits per heavy atom. The van der Waals surface area contributed by atoms with Crippen molar-refractivity contribution < 1.29 is 0 Å². The molecule has 0 fully saturated rings. The van der Waals surface area contributed by atoms with Gasteiger partial charge >= 0.3 is 0 Å². The van der Waals surface area contributed by atoms with Gasteiger partial charge in [0.25, 0.3) is 0 Å². The van der Waals surface area contributed by atoms with Crippen LogP contribution < -0.4 is 5.32 Å². The molecular formula is C7H9ClN2. The molecule has 0 radical (unpaired) electrons. The van der Waals surface area contributed by atoms with Gasteiger partial charge in [0.2, 0.25) is 0 Å². The van der Waals surface area contributed by atoms with E-state index in [0.717, 1.165) is 13.0 Å². The van der Waals surface area contributed by atoms with Crippen molar-refractivity contribution in [2.24, 2.45) is 0 Å². The minimum Gasteiger partial charge on any atom is -0.383 e. The fourth-order valence-corrected chi connectivity index (χ4v) is 1.13. The number of nitrogens with zero attached hydrogens (tertiary/aromatic N) is 1. The van der Waals surface area contributed by atoms with Crippen molar-refractivity contribution in [2.75, 3.05) is 11.9 Å². The molecule has 54 valence electrons. The summed E-state index contributed by atoms with van der Waals surface area (Å²) in [5.41, 5.74) is 2.60. The first kappa shape index (κ1) is 7.35. The Labute approximate surface area is 66.1 Å². The first-order chi connectivity index (χ1) is 4.47. The second-order valence-corrected chi connectivity index (χ2v) is 2.21. The summed E-state index contributed by atoms with van der Waals surface area (Å²) in [4.78, 5) is 3.99. The molecule has 0 aromatic carbocycles. The molecule has 1 aliphatic heterocycles. The van der Waals surface area contributed by atoms with Crippen molar-refractivity contribution in [2.45, 2.75) is 6.42 Å². The average Bonchev–Trinajstić information content (AvgIpc) is 2.33. The molecule has 0 bridgehead atoms. The quantitative estimate of drug-likeness (QED) is 0.616. The van der Waals surface area contributed by atoms with Crippen molar-refractivity contribution >= 4 is 18.1 Å². The molecule has 10 heavy (non-hydrogen) atoms. The maximum atomic E-state index is 3.99. The maximum Gasteiger partial charge on any atom is 0.0560 e. The highest BCUT2D eigenvalue weighted by atomic mass is 35.5. The number of fused-ring (bicyclic) bond motifs is 1. The van der Waals surface area contributed by atoms with Crippen LogP contribution in [0.25, 0.3) is 0 Å². The molecule has 1 aromatic rings. The van der Waals surface area contributed by atoms with E-state index >= 15 is 0 Å². The molecule has 2 nitrogen and oxygen atoms in total. The van der Waals surface area contributed by atoms with Crippen LogP contribution in [0.3, 0.4) is 0 Å². The standard InChI is InChI=1S/C7H8N2.ClH/c1-3-8-5-7-6(1)2-4-9-7;/h1,3,5,9H,2,4H2;1H. The summed E-state index contributed by atoms with van der Waals surface area (Å²) >= 11 is 0. The molecule has 1 N–H and O–H groups in total. The highest BCUT2D eigenvalue weighted by Gasteiger charge is 2.06. The second-order valence-electron chi connectivity index (χ2n) is 2.21. The molecule has 0 saturated carbocycles. The average molecular weight is 157 g/mol. The second kappa shape index (κ2) is 2.88. The molecule has 0 spiro atoms. The van der Waals surface area contributed by atoms with Gasteiger partial charge < -0.3 is 5.32 Å². The van der Waals surface area contributed by atoms with Crippen molar-refractivity contribution in [3.63, 3.8) is 0 Å². The van der Waals surface area contributed by atoms with Crippen LogP contribution in [0.5, 0.6) is 0 Å². The van der Waals surface area contributed by atoms with E-state index in [9.17, 15) is 0 Å². The van der Waals surface area contributed by atoms with Gasteiger partial charge in [-0.25, -0.2) is 0 Å². The topological polar surface area (TPSA) is 24.9 Å². The van der Waals surface area contributed by atoms with Crippen molar-refractivity contribution in [1.29, 1.82) is 0 Å². The van der Waals surface area contributed by atoms with Crippen LogP contribution in [0.4, 0.5) is 5.69 Å². The lowest BCUT2D eigenvalue weighted by Gasteiger charge is -1.93. The molecule has 0 atom stereocenters. The summed E-state index contributed by atoms with van der Waals surface area (Å²) in [5.74, 6) is 0. The highest BCUT2D eigenvalue weighted by Crippen LogP contribution is 2.18. The molecule has 0 unspecified atom stereocenters. The normalized spacial score (nSPS) is 13.2. The van der Waals surface area contributed by atoms with E-state index < -0.39 is 0 Å². The number of hydrogen-bond donors (Lipinski definition) is 1. The molecule has 2 heterocycles. The monoisotopic (exact) mass is 156 g/mol. The number of nitrogens with one attached hydrogen (secondary N) is 1. The molecule has 3 heteroatoms. The van der Waals surface area contributed by atoms with Crippen LogP contribution in [0.2, 0.25) is 0 Å². The van der Waals surface area contributed by atoms with Gasteiger partial charge in [0.1, 0.15) is 0 Å². The molecule has 0 saturated heterocycles. The van der Waals surface area contributed by atoms with Gasteiger partial charge in [-0.1, -0.05) is 0 Å². The number of rotatable bonds is 0. The van der Waals surface area contributed by atoms with Crippen LogP contribution in [-0.4, -0.2) is 11.5 Å². The van der Waals surface area contributed by atoms with Gasteiger partial charge in [-0.3, -0.25) is 4.98 Å². The predicted molar refractivity (Wildman–Crippen MR) is 43.7 cm³/mol. The van der Waals surface area contributed by atoms with Crippen molar-refractivity contribution in [3.8, 4) is 0 Å². The van der Waals surface area contributed by atoms with Gasteiger partial charge in [-0.2, -0.15) is 0 Å². The van der Waals surface area contributed by atoms with E-state index in [2.05, 4.69) is 16.4 Å². The Balaban J connectivity index is 0.000000500. The fourth-order valence-electron chi connectivity index (χ4n) is 1.13. The number of halogens is 1. The van der Waals surface area contributed by atoms with Crippen LogP contribution >= 0.6 is 12.4 Å². The third kappa shape index (κ3) is 1.07. The summed E-state index contributed by atoms with van der Waals surface area (Å²) in [5, 5.41) is 3.24. The Morgan fingerprint density at radius 1 is 1.50 bits per heavy atom. The first-order valence-electron chi connectivity index (χ1n) is 3.13. The molecule has 0 amide bonds. The van der Waals surface area contributed by atoms with E-state index in [1.165, 1.54) is 11.3 Å². The van der Waals surface area contributed by atoms with E-state index in [-0.39, 0.29) is 12.4 Å². The molecule has 1 aromatic heterocycles. The summed E-state index contributed by atoms with van der Waals surface area (Å²) < 4.78 is 0. The largest absolute Gasteiger partial charge is 0.383 e. The van der Waals surface area contributed by atoms with E-state index in [1.54, 1.807) is 0 Å². The van der Waals surface area contributed by atoms with Crippen LogP contribution in [0.1, 0.15) is 5.56 Å². The maximum absolute atomic E-state index is 3.99. The molecular weight excluding hydrogens is 148 g/mol. The smallest absolute Gasteiger partial charge is 0.0560 e. The lowest BCUT2D eigenvalue weighted by molar-refractivity contribution is 1.10. The summed E-state index contributed by atoms with van der Waals surface area (Å²) in [6, 6.07) is 2.06. The molecule has 1 aliphatic rings. The Hall–Kier alpha value is -0.760. The van der Waals surface area contributed by atoms with Gasteiger partial charge in [0.15, 0.2) is 0 Å². The zero-order valence-corrected chi connectivity index (χ0v) is 6.32. The zero-order chi connectivity index (χ0) is 6.10. The lowest BCUT2D eigenvalue weighted by atomic mass is 10.2. The summed E-state index contributed by atoms with van der Waals surface area (Å²) in [6.45, 7) is 1.07. The first-order valence-corrected chi connectivity index (χ1v) is 3.13. The van der Waals surface area contributed by atoms with Crippen molar-refractivity contribution in [3.05, 3.63) is 24.0 Å². The van der Waals surface area contributed by atoms with Gasteiger partial charge in [-0.05, 0) is 18.1 Å². The van der Waals surface area contributed by atoms with Gasteiger partial charge in [0.05, 0.1) is 11.9 Å². The van der Waals surface area contributed by atoms with E-state index in [0.29, 0.717) is 0 Å². The Morgan fingerprint density at radius 2 is 2.40 bits per heavy atom. The third-order valence-electron chi connectivity index (χ3n) is 1.62. The predicted octanol–water partition coefficient (Wildman–Crippen LogP) is 1.47. The fraction of sp³-hybridized carbons (Fsp3) is 0.286. The van der Waals surface area contributed by atoms with Crippen molar-refractivity contribution in [1.82, 2.24) is 4.98 Å². The van der Waals surface area contributed by atoms with Gasteiger partial charge in [-0.15, -0.1) is 12.4 Å². The third-order valence-corrected chi connectivity index (χ3v) is 1.62. The van der Waals surface area contributed by atoms with E-state index in [1.807, 2.05) is 12.4 Å². The number of hydrogen-bond acceptors (Lipinski definition) is 2. The molecule has 2 rings (SSSR count). The number of pyridine rings is 1. The number of anilines is 1. The van der Waals surface area contributed by atoms with Crippen LogP contribution in [-0.2, 0) is 6.42 Å². The van der Waals surface area contributed by atoms with Gasteiger partial charge in [0, 0.05) is 12.7 Å². The number of aromatic nitrogens is 1. The Kier molecular flexibility index (Phi) is 2.12. The van der Waals surface area contributed by atoms with E-state index in [4.69, 9.17) is 0 Å².